The molecule has 0 fully saturated rings. The molecule has 7 heteroatoms. The van der Waals surface area contributed by atoms with Gasteiger partial charge in [0, 0.05) is 4.90 Å². The first-order chi connectivity index (χ1) is 12.1. The Balaban J connectivity index is 1.63. The summed E-state index contributed by atoms with van der Waals surface area (Å²) in [6, 6.07) is 13.7. The van der Waals surface area contributed by atoms with Crippen LogP contribution >= 0.6 is 11.8 Å². The predicted molar refractivity (Wildman–Crippen MR) is 94.7 cm³/mol. The van der Waals surface area contributed by atoms with Crippen LogP contribution in [0.15, 0.2) is 53.4 Å². The first-order valence-electron chi connectivity index (χ1n) is 7.69. The smallest absolute Gasteiger partial charge is 0.248 e. The molecule has 2 rings (SSSR count). The van der Waals surface area contributed by atoms with E-state index in [1.165, 1.54) is 6.07 Å². The molecule has 2 aromatic carbocycles. The summed E-state index contributed by atoms with van der Waals surface area (Å²) in [6.45, 7) is 2.12. The first-order valence-corrected chi connectivity index (χ1v) is 8.68. The standard InChI is InChI=1S/C18H19FN2O3S/c1-13-6-2-4-8-15(13)24-11-10-17(22)20-21-18(23)12-25-16-9-5-3-7-14(16)19/h2-9H,10-12H2,1H3,(H,20,22)(H,21,23). The largest absolute Gasteiger partial charge is 0.493 e. The number of halogens is 1. The molecule has 0 saturated heterocycles. The zero-order valence-electron chi connectivity index (χ0n) is 13.8. The molecule has 0 aromatic heterocycles. The Morgan fingerprint density at radius 2 is 1.72 bits per heavy atom. The zero-order chi connectivity index (χ0) is 18.1. The Bertz CT molecular complexity index is 740. The SMILES string of the molecule is Cc1ccccc1OCCC(=O)NNC(=O)CSc1ccccc1F. The van der Waals surface area contributed by atoms with Gasteiger partial charge in [-0.25, -0.2) is 4.39 Å². The topological polar surface area (TPSA) is 67.4 Å². The molecule has 5 nitrogen and oxygen atoms in total. The highest BCUT2D eigenvalue weighted by atomic mass is 32.2. The number of nitrogens with one attached hydrogen (secondary N) is 2. The quantitative estimate of drug-likeness (QED) is 0.587. The van der Waals surface area contributed by atoms with Gasteiger partial charge in [-0.05, 0) is 30.7 Å². The number of benzene rings is 2. The number of hydrazine groups is 1. The van der Waals surface area contributed by atoms with Crippen LogP contribution in [0.25, 0.3) is 0 Å². The first kappa shape index (κ1) is 18.8. The van der Waals surface area contributed by atoms with E-state index in [4.69, 9.17) is 4.74 Å². The monoisotopic (exact) mass is 362 g/mol. The second kappa shape index (κ2) is 9.68. The van der Waals surface area contributed by atoms with Crippen LogP contribution in [0, 0.1) is 12.7 Å². The summed E-state index contributed by atoms with van der Waals surface area (Å²) in [7, 11) is 0. The highest BCUT2D eigenvalue weighted by molar-refractivity contribution is 8.00. The Kier molecular flexibility index (Phi) is 7.28. The minimum Gasteiger partial charge on any atom is -0.493 e. The number of carbonyl (C=O) groups excluding carboxylic acids is 2. The second-order valence-electron chi connectivity index (χ2n) is 5.18. The molecule has 0 atom stereocenters. The van der Waals surface area contributed by atoms with Crippen molar-refractivity contribution in [2.75, 3.05) is 12.4 Å². The summed E-state index contributed by atoms with van der Waals surface area (Å²) in [6.07, 6.45) is 0.106. The van der Waals surface area contributed by atoms with Crippen molar-refractivity contribution in [1.82, 2.24) is 10.9 Å². The summed E-state index contributed by atoms with van der Waals surface area (Å²) in [5.74, 6) is -0.432. The third kappa shape index (κ3) is 6.46. The number of thioether (sulfide) groups is 1. The number of hydrogen-bond acceptors (Lipinski definition) is 4. The molecule has 0 spiro atoms. The van der Waals surface area contributed by atoms with Crippen molar-refractivity contribution >= 4 is 23.6 Å². The van der Waals surface area contributed by atoms with Gasteiger partial charge in [0.25, 0.3) is 0 Å². The molecule has 0 radical (unpaired) electrons. The van der Waals surface area contributed by atoms with Crippen molar-refractivity contribution in [2.45, 2.75) is 18.2 Å². The van der Waals surface area contributed by atoms with E-state index >= 15 is 0 Å². The lowest BCUT2D eigenvalue weighted by atomic mass is 10.2. The lowest BCUT2D eigenvalue weighted by molar-refractivity contribution is -0.127. The molecule has 0 bridgehead atoms. The van der Waals surface area contributed by atoms with E-state index < -0.39 is 5.91 Å². The summed E-state index contributed by atoms with van der Waals surface area (Å²) in [5.41, 5.74) is 5.59. The molecule has 0 aliphatic heterocycles. The molecule has 0 aliphatic carbocycles. The maximum Gasteiger partial charge on any atom is 0.248 e. The molecule has 2 amide bonds. The maximum atomic E-state index is 13.4. The van der Waals surface area contributed by atoms with Crippen LogP contribution in [0.2, 0.25) is 0 Å². The van der Waals surface area contributed by atoms with Crippen molar-refractivity contribution in [3.8, 4) is 5.75 Å². The molecule has 132 valence electrons. The van der Waals surface area contributed by atoms with Gasteiger partial charge in [-0.2, -0.15) is 0 Å². The van der Waals surface area contributed by atoms with Crippen LogP contribution in [-0.4, -0.2) is 24.2 Å². The minimum atomic E-state index is -0.415. The van der Waals surface area contributed by atoms with Crippen LogP contribution in [0.4, 0.5) is 4.39 Å². The number of aryl methyl sites for hydroxylation is 1. The van der Waals surface area contributed by atoms with E-state index in [1.807, 2.05) is 31.2 Å². The third-order valence-corrected chi connectivity index (χ3v) is 4.27. The number of amides is 2. The number of rotatable bonds is 7. The number of hydrogen-bond donors (Lipinski definition) is 2. The van der Waals surface area contributed by atoms with Gasteiger partial charge in [-0.15, -0.1) is 11.8 Å². The molecule has 2 aromatic rings. The van der Waals surface area contributed by atoms with Crippen LogP contribution in [0.5, 0.6) is 5.75 Å². The van der Waals surface area contributed by atoms with Gasteiger partial charge in [-0.1, -0.05) is 30.3 Å². The molecule has 2 N–H and O–H groups in total. The van der Waals surface area contributed by atoms with Crippen LogP contribution in [0.3, 0.4) is 0 Å². The van der Waals surface area contributed by atoms with Crippen molar-refractivity contribution in [2.24, 2.45) is 0 Å². The van der Waals surface area contributed by atoms with Crippen molar-refractivity contribution in [3.63, 3.8) is 0 Å². The van der Waals surface area contributed by atoms with Gasteiger partial charge in [0.1, 0.15) is 11.6 Å². The van der Waals surface area contributed by atoms with Gasteiger partial charge in [0.2, 0.25) is 11.8 Å². The predicted octanol–water partition coefficient (Wildman–Crippen LogP) is 2.84. The Hall–Kier alpha value is -2.54. The second-order valence-corrected chi connectivity index (χ2v) is 6.20. The van der Waals surface area contributed by atoms with Gasteiger partial charge in [-0.3, -0.25) is 20.4 Å². The van der Waals surface area contributed by atoms with E-state index in [0.717, 1.165) is 23.1 Å². The van der Waals surface area contributed by atoms with E-state index in [1.54, 1.807) is 18.2 Å². The van der Waals surface area contributed by atoms with Crippen LogP contribution in [-0.2, 0) is 9.59 Å². The van der Waals surface area contributed by atoms with Gasteiger partial charge >= 0.3 is 0 Å². The van der Waals surface area contributed by atoms with E-state index in [9.17, 15) is 14.0 Å². The normalized spacial score (nSPS) is 10.2. The highest BCUT2D eigenvalue weighted by Crippen LogP contribution is 2.20. The zero-order valence-corrected chi connectivity index (χ0v) is 14.6. The highest BCUT2D eigenvalue weighted by Gasteiger charge is 2.08. The van der Waals surface area contributed by atoms with Crippen molar-refractivity contribution < 1.29 is 18.7 Å². The third-order valence-electron chi connectivity index (χ3n) is 3.22. The fraction of sp³-hybridized carbons (Fsp3) is 0.222. The average molecular weight is 362 g/mol. The van der Waals surface area contributed by atoms with Gasteiger partial charge in [0.05, 0.1) is 18.8 Å². The minimum absolute atomic E-state index is 0.000916. The van der Waals surface area contributed by atoms with E-state index in [-0.39, 0.29) is 30.5 Å². The fourth-order valence-corrected chi connectivity index (χ4v) is 2.65. The molecule has 25 heavy (non-hydrogen) atoms. The van der Waals surface area contributed by atoms with Crippen molar-refractivity contribution in [3.05, 3.63) is 59.9 Å². The Morgan fingerprint density at radius 3 is 2.48 bits per heavy atom. The van der Waals surface area contributed by atoms with Crippen LogP contribution < -0.4 is 15.6 Å². The maximum absolute atomic E-state index is 13.4. The van der Waals surface area contributed by atoms with Gasteiger partial charge in [0.15, 0.2) is 0 Å². The average Bonchev–Trinajstić information content (AvgIpc) is 2.61. The summed E-state index contributed by atoms with van der Waals surface area (Å²) in [5, 5.41) is 0. The molecule has 0 aliphatic rings. The number of para-hydroxylation sites is 1. The Labute approximate surface area is 149 Å². The lowest BCUT2D eigenvalue weighted by Gasteiger charge is -2.10. The molecule has 0 heterocycles. The van der Waals surface area contributed by atoms with E-state index in [2.05, 4.69) is 10.9 Å². The van der Waals surface area contributed by atoms with Crippen LogP contribution in [0.1, 0.15) is 12.0 Å². The molecular weight excluding hydrogens is 343 g/mol. The lowest BCUT2D eigenvalue weighted by Crippen LogP contribution is -2.42. The van der Waals surface area contributed by atoms with Gasteiger partial charge < -0.3 is 4.74 Å². The summed E-state index contributed by atoms with van der Waals surface area (Å²) < 4.78 is 18.9. The van der Waals surface area contributed by atoms with Crippen molar-refractivity contribution in [1.29, 1.82) is 0 Å². The number of ether oxygens (including phenoxy) is 1. The molecular formula is C18H19FN2O3S. The number of carbonyl (C=O) groups is 2. The fourth-order valence-electron chi connectivity index (χ4n) is 1.92. The Morgan fingerprint density at radius 1 is 1.04 bits per heavy atom. The summed E-state index contributed by atoms with van der Waals surface area (Å²) >= 11 is 1.06. The summed E-state index contributed by atoms with van der Waals surface area (Å²) in [4.78, 5) is 23.7. The molecule has 0 unspecified atom stereocenters. The molecule has 0 saturated carbocycles. The van der Waals surface area contributed by atoms with E-state index in [0.29, 0.717) is 4.90 Å².